The van der Waals surface area contributed by atoms with Crippen LogP contribution in [0.1, 0.15) is 12.5 Å². The van der Waals surface area contributed by atoms with E-state index in [4.69, 9.17) is 39.2 Å². The van der Waals surface area contributed by atoms with Gasteiger partial charge in [0.1, 0.15) is 48.5 Å². The summed E-state index contributed by atoms with van der Waals surface area (Å²) in [5, 5.41) is 22.2. The van der Waals surface area contributed by atoms with E-state index in [2.05, 4.69) is 54.8 Å². The normalized spacial score (nSPS) is 29.7. The van der Waals surface area contributed by atoms with Crippen LogP contribution in [-0.4, -0.2) is 105 Å². The van der Waals surface area contributed by atoms with Crippen LogP contribution in [0, 0.1) is 0 Å². The number of anilines is 2. The first kappa shape index (κ1) is 33.1. The third-order valence-electron chi connectivity index (χ3n) is 7.20. The van der Waals surface area contributed by atoms with E-state index in [1.807, 2.05) is 0 Å². The molecule has 6 rings (SSSR count). The Balaban J connectivity index is 1.19. The molecule has 2 fully saturated rings. The van der Waals surface area contributed by atoms with Crippen LogP contribution in [0.5, 0.6) is 0 Å². The number of aliphatic hydroxyl groups is 2. The number of nitrogens with one attached hydrogen (secondary N) is 1. The summed E-state index contributed by atoms with van der Waals surface area (Å²) in [6, 6.07) is 0. The van der Waals surface area contributed by atoms with Crippen LogP contribution in [-0.2, 0) is 36.9 Å². The van der Waals surface area contributed by atoms with Crippen molar-refractivity contribution in [1.29, 1.82) is 0 Å². The fraction of sp³-hybridized carbons (Fsp3) is 0.524. The lowest BCUT2D eigenvalue weighted by atomic mass is 10.1. The maximum absolute atomic E-state index is 13.5. The lowest BCUT2D eigenvalue weighted by molar-refractivity contribution is -0.0599. The van der Waals surface area contributed by atoms with Crippen LogP contribution < -0.4 is 17.0 Å². The van der Waals surface area contributed by atoms with Crippen molar-refractivity contribution in [3.63, 3.8) is 0 Å². The number of hydrogen-bond acceptors (Lipinski definition) is 19. The van der Waals surface area contributed by atoms with Gasteiger partial charge < -0.3 is 35.9 Å². The number of aromatic amines is 1. The van der Waals surface area contributed by atoms with Crippen molar-refractivity contribution in [2.24, 2.45) is 0 Å². The van der Waals surface area contributed by atoms with Gasteiger partial charge in [-0.1, -0.05) is 12.2 Å². The van der Waals surface area contributed by atoms with Crippen molar-refractivity contribution in [2.75, 3.05) is 30.6 Å². The summed E-state index contributed by atoms with van der Waals surface area (Å²) in [4.78, 5) is 34.8. The highest BCUT2D eigenvalue weighted by Crippen LogP contribution is 2.56. The zero-order valence-electron chi connectivity index (χ0n) is 23.1. The fourth-order valence-electron chi connectivity index (χ4n) is 5.18. The third kappa shape index (κ3) is 6.25. The zero-order chi connectivity index (χ0) is 32.7. The summed E-state index contributed by atoms with van der Waals surface area (Å²) in [7, 11) is -0.775. The molecule has 0 spiro atoms. The first-order chi connectivity index (χ1) is 22.0. The number of imidazole rings is 2. The molecular formula is C21H26N10O11P2S2. The van der Waals surface area contributed by atoms with E-state index >= 15 is 0 Å². The number of fused-ring (bicyclic) bond motifs is 2. The Morgan fingerprint density at radius 1 is 1.00 bits per heavy atom. The van der Waals surface area contributed by atoms with Gasteiger partial charge >= 0.3 is 15.5 Å². The molecule has 9 atom stereocenters. The maximum atomic E-state index is 13.5. The summed E-state index contributed by atoms with van der Waals surface area (Å²) in [5.41, 5.74) is 11.4. The second kappa shape index (κ2) is 13.4. The SMILES string of the molecule is Nc1nc2c(ncn2[C@@H]2O[C@H](COCS)[C@@H](O[P@](=O)(S)OC[C@H]3O[C@@H](n4cnc5c(N)ncnc54)[C@H](O)[C@@H]3OP=O)[C@H]2O)c(=O)[nH]1. The molecule has 0 bridgehead atoms. The Kier molecular flexibility index (Phi) is 9.63. The number of rotatable bonds is 12. The Morgan fingerprint density at radius 2 is 1.65 bits per heavy atom. The van der Waals surface area contributed by atoms with Crippen LogP contribution in [0.3, 0.4) is 0 Å². The second-order valence-electron chi connectivity index (χ2n) is 9.95. The predicted octanol–water partition coefficient (Wildman–Crippen LogP) is -0.424. The lowest BCUT2D eigenvalue weighted by Gasteiger charge is -2.25. The highest BCUT2D eigenvalue weighted by Gasteiger charge is 2.51. The predicted molar refractivity (Wildman–Crippen MR) is 162 cm³/mol. The summed E-state index contributed by atoms with van der Waals surface area (Å²) in [5.74, 6) is -0.108. The van der Waals surface area contributed by atoms with Gasteiger partial charge in [0.05, 0.1) is 31.8 Å². The molecule has 0 unspecified atom stereocenters. The summed E-state index contributed by atoms with van der Waals surface area (Å²) >= 11 is 8.08. The van der Waals surface area contributed by atoms with Crippen LogP contribution in [0.15, 0.2) is 23.8 Å². The molecule has 0 amide bonds. The monoisotopic (exact) mass is 720 g/mol. The first-order valence-corrected chi connectivity index (χ1v) is 17.2. The van der Waals surface area contributed by atoms with Crippen molar-refractivity contribution in [2.45, 2.75) is 49.1 Å². The van der Waals surface area contributed by atoms with Gasteiger partial charge in [0.25, 0.3) is 5.56 Å². The van der Waals surface area contributed by atoms with E-state index in [1.165, 1.54) is 28.1 Å². The van der Waals surface area contributed by atoms with E-state index in [1.54, 1.807) is 0 Å². The van der Waals surface area contributed by atoms with E-state index in [9.17, 15) is 24.1 Å². The summed E-state index contributed by atoms with van der Waals surface area (Å²) < 4.78 is 61.0. The third-order valence-corrected chi connectivity index (χ3v) is 9.33. The molecule has 7 N–H and O–H groups in total. The number of aromatic nitrogens is 8. The molecule has 0 radical (unpaired) electrons. The molecule has 21 nitrogen and oxygen atoms in total. The molecule has 6 heterocycles. The quantitative estimate of drug-likeness (QED) is 0.0555. The number of nitrogens with zero attached hydrogens (tertiary/aromatic N) is 7. The molecule has 2 saturated heterocycles. The van der Waals surface area contributed by atoms with Gasteiger partial charge in [-0.05, 0) is 0 Å². The molecule has 2 aliphatic heterocycles. The largest absolute Gasteiger partial charge is 0.386 e. The maximum Gasteiger partial charge on any atom is 0.386 e. The van der Waals surface area contributed by atoms with Gasteiger partial charge in [0.15, 0.2) is 35.1 Å². The molecule has 4 aromatic rings. The number of thiol groups is 2. The van der Waals surface area contributed by atoms with Crippen LogP contribution in [0.4, 0.5) is 11.8 Å². The second-order valence-corrected chi connectivity index (χ2v) is 13.4. The standard InChI is InChI=1S/C21H26N10O11P2S2/c22-15-9-16(25-3-24-15)30(4-26-9)19-11(32)13(41-43-35)8(40-19)2-38-44(36,46)42-14-7(1-37-6-45)39-20(12(14)33)31-5-27-10-17(31)28-21(23)29-18(10)34/h3-5,7-8,11-14,19-20,32-33,45H,1-2,6H2,(H,36,46)(H2,22,24,25)(H3,23,28,29,34)/t7-,8-,11-,12-,13-,14-,19-,20-,44-/m1/s1. The smallest absolute Gasteiger partial charge is 0.386 e. The number of ether oxygens (including phenoxy) is 3. The van der Waals surface area contributed by atoms with Crippen molar-refractivity contribution in [3.05, 3.63) is 29.3 Å². The highest BCUT2D eigenvalue weighted by molar-refractivity contribution is 8.44. The van der Waals surface area contributed by atoms with Crippen molar-refractivity contribution in [3.8, 4) is 0 Å². The van der Waals surface area contributed by atoms with Crippen molar-refractivity contribution < 1.29 is 47.1 Å². The van der Waals surface area contributed by atoms with Gasteiger partial charge in [-0.2, -0.15) is 17.6 Å². The Morgan fingerprint density at radius 3 is 2.35 bits per heavy atom. The first-order valence-electron chi connectivity index (χ1n) is 13.2. The van der Waals surface area contributed by atoms with Crippen molar-refractivity contribution >= 4 is 74.5 Å². The highest BCUT2D eigenvalue weighted by atomic mass is 32.7. The van der Waals surface area contributed by atoms with Gasteiger partial charge in [0.2, 0.25) is 5.95 Å². The minimum absolute atomic E-state index is 0.0140. The van der Waals surface area contributed by atoms with Crippen molar-refractivity contribution in [1.82, 2.24) is 39.0 Å². The van der Waals surface area contributed by atoms with E-state index in [0.29, 0.717) is 0 Å². The number of hydrogen-bond donors (Lipinski definition) is 7. The lowest BCUT2D eigenvalue weighted by Crippen LogP contribution is -2.36. The van der Waals surface area contributed by atoms with E-state index < -0.39 is 76.7 Å². The number of nitrogen functional groups attached to an aromatic ring is 2. The van der Waals surface area contributed by atoms with Gasteiger partial charge in [-0.3, -0.25) is 32.5 Å². The molecule has 25 heteroatoms. The Hall–Kier alpha value is -2.79. The average Bonchev–Trinajstić information content (AvgIpc) is 3.77. The number of H-pyrrole nitrogens is 1. The van der Waals surface area contributed by atoms with E-state index in [0.717, 1.165) is 0 Å². The Labute approximate surface area is 269 Å². The van der Waals surface area contributed by atoms with Gasteiger partial charge in [0, 0.05) is 0 Å². The minimum atomic E-state index is -4.35. The summed E-state index contributed by atoms with van der Waals surface area (Å²) in [6.45, 7) is -5.05. The van der Waals surface area contributed by atoms with Gasteiger partial charge in [-0.15, -0.1) is 0 Å². The molecule has 4 aromatic heterocycles. The molecule has 0 saturated carbocycles. The fourth-order valence-corrected chi connectivity index (χ4v) is 7.14. The molecule has 2 aliphatic rings. The van der Waals surface area contributed by atoms with Gasteiger partial charge in [-0.25, -0.2) is 29.1 Å². The molecule has 248 valence electrons. The molecular weight excluding hydrogens is 694 g/mol. The zero-order valence-corrected chi connectivity index (χ0v) is 26.7. The molecule has 0 aromatic carbocycles. The summed E-state index contributed by atoms with van der Waals surface area (Å²) in [6.07, 6.45) is -6.41. The minimum Gasteiger partial charge on any atom is -0.386 e. The topological polar surface area (TPSA) is 289 Å². The molecule has 0 aliphatic carbocycles. The van der Waals surface area contributed by atoms with Crippen LogP contribution >= 0.6 is 40.4 Å². The number of nitrogens with two attached hydrogens (primary N) is 2. The van der Waals surface area contributed by atoms with E-state index in [-0.39, 0.29) is 46.6 Å². The van der Waals surface area contributed by atoms with Crippen LogP contribution in [0.25, 0.3) is 22.3 Å². The molecule has 46 heavy (non-hydrogen) atoms. The number of aliphatic hydroxyl groups excluding tert-OH is 2. The average molecular weight is 721 g/mol. The van der Waals surface area contributed by atoms with Crippen LogP contribution in [0.2, 0.25) is 0 Å². The Bertz CT molecular complexity index is 1850.